The Bertz CT molecular complexity index is 1300. The molecule has 0 radical (unpaired) electrons. The monoisotopic (exact) mass is 383 g/mol. The van der Waals surface area contributed by atoms with E-state index in [-0.39, 0.29) is 5.91 Å². The molecule has 3 heterocycles. The van der Waals surface area contributed by atoms with E-state index >= 15 is 0 Å². The zero-order valence-corrected chi connectivity index (χ0v) is 15.8. The lowest BCUT2D eigenvalue weighted by atomic mass is 10.0. The minimum absolute atomic E-state index is 0.0918. The van der Waals surface area contributed by atoms with Crippen molar-refractivity contribution in [1.82, 2.24) is 9.97 Å². The number of amides is 1. The molecule has 2 aromatic carbocycles. The summed E-state index contributed by atoms with van der Waals surface area (Å²) in [6.07, 6.45) is 4.41. The van der Waals surface area contributed by atoms with Gasteiger partial charge in [0.15, 0.2) is 0 Å². The predicted octanol–water partition coefficient (Wildman–Crippen LogP) is 5.62. The number of nitrogens with zero attached hydrogens (tertiary/aromatic N) is 1. The standard InChI is InChI=1S/C23H17N3OS/c27-23(26-20-5-1-3-16-4-2-10-25-21(16)20)22-18(9-12-28-22)14-15-6-7-19-17(13-15)8-11-24-19/h1-13,24H,14H2,(H,26,27). The fraction of sp³-hybridized carbons (Fsp3) is 0.0435. The van der Waals surface area contributed by atoms with Crippen LogP contribution in [0.3, 0.4) is 0 Å². The molecular weight excluding hydrogens is 366 g/mol. The molecule has 0 aliphatic rings. The van der Waals surface area contributed by atoms with Gasteiger partial charge in [-0.05, 0) is 64.7 Å². The topological polar surface area (TPSA) is 57.8 Å². The summed E-state index contributed by atoms with van der Waals surface area (Å²) < 4.78 is 0. The molecule has 0 spiro atoms. The number of benzene rings is 2. The Morgan fingerprint density at radius 1 is 1.04 bits per heavy atom. The summed E-state index contributed by atoms with van der Waals surface area (Å²) in [4.78, 5) is 21.3. The van der Waals surface area contributed by atoms with Gasteiger partial charge in [0.2, 0.25) is 0 Å². The highest BCUT2D eigenvalue weighted by atomic mass is 32.1. The molecule has 0 bridgehead atoms. The molecule has 3 aromatic heterocycles. The number of H-pyrrole nitrogens is 1. The number of fused-ring (bicyclic) bond motifs is 2. The maximum Gasteiger partial charge on any atom is 0.266 e. The number of thiophene rings is 1. The average Bonchev–Trinajstić information content (AvgIpc) is 3.37. The van der Waals surface area contributed by atoms with Crippen LogP contribution in [0.25, 0.3) is 21.8 Å². The van der Waals surface area contributed by atoms with E-state index < -0.39 is 0 Å². The normalized spacial score (nSPS) is 11.1. The Labute approximate surface area is 165 Å². The first-order valence-electron chi connectivity index (χ1n) is 9.05. The zero-order valence-electron chi connectivity index (χ0n) is 15.0. The van der Waals surface area contributed by atoms with Crippen LogP contribution in [0.1, 0.15) is 20.8 Å². The van der Waals surface area contributed by atoms with Crippen molar-refractivity contribution in [3.63, 3.8) is 0 Å². The molecular formula is C23H17N3OS. The molecule has 2 N–H and O–H groups in total. The summed E-state index contributed by atoms with van der Waals surface area (Å²) in [5.74, 6) is -0.0918. The SMILES string of the molecule is O=C(Nc1cccc2cccnc12)c1sccc1Cc1ccc2[nH]ccc2c1. The zero-order chi connectivity index (χ0) is 18.9. The highest BCUT2D eigenvalue weighted by Crippen LogP contribution is 2.26. The minimum atomic E-state index is -0.0918. The maximum atomic E-state index is 13.0. The molecule has 0 saturated carbocycles. The molecule has 1 amide bonds. The quantitative estimate of drug-likeness (QED) is 0.423. The van der Waals surface area contributed by atoms with Gasteiger partial charge in [0.05, 0.1) is 16.1 Å². The number of aromatic nitrogens is 2. The van der Waals surface area contributed by atoms with Crippen LogP contribution >= 0.6 is 11.3 Å². The van der Waals surface area contributed by atoms with Crippen LogP contribution in [-0.4, -0.2) is 15.9 Å². The van der Waals surface area contributed by atoms with E-state index in [1.807, 2.05) is 48.0 Å². The van der Waals surface area contributed by atoms with Crippen LogP contribution in [0.4, 0.5) is 5.69 Å². The molecule has 0 aliphatic heterocycles. The summed E-state index contributed by atoms with van der Waals surface area (Å²) in [7, 11) is 0. The number of carbonyl (C=O) groups is 1. The fourth-order valence-electron chi connectivity index (χ4n) is 3.49. The van der Waals surface area contributed by atoms with Crippen LogP contribution in [0, 0.1) is 0 Å². The lowest BCUT2D eigenvalue weighted by Gasteiger charge is -2.09. The Balaban J connectivity index is 1.42. The van der Waals surface area contributed by atoms with Crippen LogP contribution in [0.2, 0.25) is 0 Å². The number of carbonyl (C=O) groups excluding carboxylic acids is 1. The second kappa shape index (κ2) is 6.94. The van der Waals surface area contributed by atoms with E-state index in [0.29, 0.717) is 0 Å². The number of para-hydroxylation sites is 1. The first-order valence-corrected chi connectivity index (χ1v) is 9.93. The summed E-state index contributed by atoms with van der Waals surface area (Å²) in [5.41, 5.74) is 4.87. The van der Waals surface area contributed by atoms with Crippen molar-refractivity contribution < 1.29 is 4.79 Å². The van der Waals surface area contributed by atoms with E-state index in [0.717, 1.165) is 39.0 Å². The van der Waals surface area contributed by atoms with Crippen molar-refractivity contribution in [1.29, 1.82) is 0 Å². The first kappa shape index (κ1) is 16.7. The number of nitrogens with one attached hydrogen (secondary N) is 2. The van der Waals surface area contributed by atoms with Crippen molar-refractivity contribution in [2.45, 2.75) is 6.42 Å². The van der Waals surface area contributed by atoms with Crippen molar-refractivity contribution in [3.05, 3.63) is 94.4 Å². The third-order valence-corrected chi connectivity index (χ3v) is 5.80. The van der Waals surface area contributed by atoms with Crippen molar-refractivity contribution in [2.75, 3.05) is 5.32 Å². The van der Waals surface area contributed by atoms with Crippen LogP contribution in [0.15, 0.2) is 78.4 Å². The van der Waals surface area contributed by atoms with Gasteiger partial charge >= 0.3 is 0 Å². The summed E-state index contributed by atoms with van der Waals surface area (Å²) in [6, 6.07) is 20.1. The van der Waals surface area contributed by atoms with E-state index in [2.05, 4.69) is 39.6 Å². The molecule has 28 heavy (non-hydrogen) atoms. The largest absolute Gasteiger partial charge is 0.361 e. The number of pyridine rings is 1. The van der Waals surface area contributed by atoms with Gasteiger partial charge in [-0.1, -0.05) is 24.3 Å². The van der Waals surface area contributed by atoms with Gasteiger partial charge in [-0.15, -0.1) is 11.3 Å². The van der Waals surface area contributed by atoms with Crippen LogP contribution in [0.5, 0.6) is 0 Å². The lowest BCUT2D eigenvalue weighted by molar-refractivity contribution is 0.103. The molecule has 0 atom stereocenters. The van der Waals surface area contributed by atoms with Gasteiger partial charge in [-0.25, -0.2) is 0 Å². The summed E-state index contributed by atoms with van der Waals surface area (Å²) in [5, 5.41) is 7.20. The minimum Gasteiger partial charge on any atom is -0.361 e. The molecule has 4 nitrogen and oxygen atoms in total. The Hall–Kier alpha value is -3.44. The van der Waals surface area contributed by atoms with E-state index in [1.165, 1.54) is 22.3 Å². The van der Waals surface area contributed by atoms with Crippen LogP contribution < -0.4 is 5.32 Å². The first-order chi connectivity index (χ1) is 13.8. The van der Waals surface area contributed by atoms with E-state index in [4.69, 9.17) is 0 Å². The number of hydrogen-bond acceptors (Lipinski definition) is 3. The maximum absolute atomic E-state index is 13.0. The molecule has 0 saturated heterocycles. The predicted molar refractivity (Wildman–Crippen MR) is 115 cm³/mol. The Kier molecular flexibility index (Phi) is 4.14. The van der Waals surface area contributed by atoms with E-state index in [9.17, 15) is 4.79 Å². The molecule has 0 fully saturated rings. The summed E-state index contributed by atoms with van der Waals surface area (Å²) >= 11 is 1.47. The number of aromatic amines is 1. The molecule has 0 aliphatic carbocycles. The van der Waals surface area contributed by atoms with Gasteiger partial charge in [0.1, 0.15) is 0 Å². The van der Waals surface area contributed by atoms with Crippen molar-refractivity contribution >= 4 is 44.7 Å². The molecule has 0 unspecified atom stereocenters. The Morgan fingerprint density at radius 2 is 1.96 bits per heavy atom. The fourth-order valence-corrected chi connectivity index (χ4v) is 4.31. The Morgan fingerprint density at radius 3 is 2.93 bits per heavy atom. The summed E-state index contributed by atoms with van der Waals surface area (Å²) in [6.45, 7) is 0. The lowest BCUT2D eigenvalue weighted by Crippen LogP contribution is -2.12. The number of hydrogen-bond donors (Lipinski definition) is 2. The third-order valence-electron chi connectivity index (χ3n) is 4.85. The van der Waals surface area contributed by atoms with Crippen molar-refractivity contribution in [2.24, 2.45) is 0 Å². The second-order valence-electron chi connectivity index (χ2n) is 6.69. The molecule has 5 aromatic rings. The molecule has 136 valence electrons. The van der Waals surface area contributed by atoms with Gasteiger partial charge < -0.3 is 10.3 Å². The van der Waals surface area contributed by atoms with Crippen molar-refractivity contribution in [3.8, 4) is 0 Å². The average molecular weight is 383 g/mol. The highest BCUT2D eigenvalue weighted by molar-refractivity contribution is 7.12. The van der Waals surface area contributed by atoms with Gasteiger partial charge in [0.25, 0.3) is 5.91 Å². The second-order valence-corrected chi connectivity index (χ2v) is 7.60. The number of rotatable bonds is 4. The molecule has 5 rings (SSSR count). The molecule has 5 heteroatoms. The van der Waals surface area contributed by atoms with Gasteiger partial charge in [-0.2, -0.15) is 0 Å². The van der Waals surface area contributed by atoms with Gasteiger partial charge in [0, 0.05) is 23.3 Å². The highest BCUT2D eigenvalue weighted by Gasteiger charge is 2.15. The van der Waals surface area contributed by atoms with Crippen LogP contribution in [-0.2, 0) is 6.42 Å². The van der Waals surface area contributed by atoms with Gasteiger partial charge in [-0.3, -0.25) is 9.78 Å². The smallest absolute Gasteiger partial charge is 0.266 e. The van der Waals surface area contributed by atoms with E-state index in [1.54, 1.807) is 6.20 Å². The third kappa shape index (κ3) is 3.06. The number of anilines is 1.